The monoisotopic (exact) mass is 202 g/mol. The smallest absolute Gasteiger partial charge is 0.323 e. The molecule has 0 saturated carbocycles. The first-order chi connectivity index (χ1) is 6.65. The Hall–Kier alpha value is -0.610. The largest absolute Gasteiger partial charge is 0.468 e. The second-order valence-electron chi connectivity index (χ2n) is 3.43. The van der Waals surface area contributed by atoms with Crippen LogP contribution >= 0.6 is 0 Å². The summed E-state index contributed by atoms with van der Waals surface area (Å²) in [6, 6.07) is -0.516. The van der Waals surface area contributed by atoms with Crippen molar-refractivity contribution in [1.82, 2.24) is 4.90 Å². The predicted molar refractivity (Wildman–Crippen MR) is 57.0 cm³/mol. The van der Waals surface area contributed by atoms with Gasteiger partial charge in [-0.2, -0.15) is 0 Å². The number of rotatable bonds is 7. The minimum Gasteiger partial charge on any atom is -0.468 e. The van der Waals surface area contributed by atoms with Gasteiger partial charge in [-0.3, -0.25) is 4.79 Å². The minimum atomic E-state index is -0.516. The molecule has 84 valence electrons. The summed E-state index contributed by atoms with van der Waals surface area (Å²) in [5.74, 6) is -0.331. The first kappa shape index (κ1) is 13.4. The van der Waals surface area contributed by atoms with Crippen LogP contribution in [0.5, 0.6) is 0 Å². The van der Waals surface area contributed by atoms with Gasteiger partial charge in [-0.05, 0) is 25.9 Å². The Morgan fingerprint density at radius 2 is 1.86 bits per heavy atom. The van der Waals surface area contributed by atoms with Crippen molar-refractivity contribution in [2.24, 2.45) is 5.73 Å². The Morgan fingerprint density at radius 3 is 2.21 bits per heavy atom. The van der Waals surface area contributed by atoms with Crippen molar-refractivity contribution in [3.63, 3.8) is 0 Å². The van der Waals surface area contributed by atoms with E-state index in [1.165, 1.54) is 7.11 Å². The van der Waals surface area contributed by atoms with E-state index in [-0.39, 0.29) is 5.97 Å². The second kappa shape index (κ2) is 7.76. The number of methoxy groups -OCH3 is 1. The molecule has 0 aromatic carbocycles. The first-order valence-corrected chi connectivity index (χ1v) is 5.21. The molecule has 0 aliphatic heterocycles. The molecule has 0 aromatic rings. The van der Waals surface area contributed by atoms with Crippen molar-refractivity contribution in [2.75, 3.05) is 26.7 Å². The molecular weight excluding hydrogens is 180 g/mol. The Balaban J connectivity index is 3.94. The molecule has 4 heteroatoms. The number of hydrogen-bond acceptors (Lipinski definition) is 4. The molecule has 1 atom stereocenters. The number of nitrogens with two attached hydrogens (primary N) is 1. The lowest BCUT2D eigenvalue weighted by molar-refractivity contribution is -0.142. The molecule has 0 rings (SSSR count). The lowest BCUT2D eigenvalue weighted by atomic mass is 10.2. The maximum atomic E-state index is 11.1. The molecule has 0 aromatic heterocycles. The number of ether oxygens (including phenoxy) is 1. The number of carbonyl (C=O) groups excluding carboxylic acids is 1. The summed E-state index contributed by atoms with van der Waals surface area (Å²) in [5, 5.41) is 0. The SMILES string of the molecule is CCCN(CCC)CC(N)C(=O)OC. The molecule has 0 heterocycles. The van der Waals surface area contributed by atoms with Gasteiger partial charge in [0.05, 0.1) is 7.11 Å². The number of nitrogens with zero attached hydrogens (tertiary/aromatic N) is 1. The fraction of sp³-hybridized carbons (Fsp3) is 0.900. The third-order valence-electron chi connectivity index (χ3n) is 2.04. The molecule has 0 spiro atoms. The van der Waals surface area contributed by atoms with Crippen LogP contribution in [0.4, 0.5) is 0 Å². The van der Waals surface area contributed by atoms with Crippen molar-refractivity contribution >= 4 is 5.97 Å². The van der Waals surface area contributed by atoms with Crippen molar-refractivity contribution in [3.05, 3.63) is 0 Å². The highest BCUT2D eigenvalue weighted by atomic mass is 16.5. The van der Waals surface area contributed by atoms with Crippen LogP contribution in [0.15, 0.2) is 0 Å². The maximum absolute atomic E-state index is 11.1. The van der Waals surface area contributed by atoms with Crippen LogP contribution < -0.4 is 5.73 Å². The van der Waals surface area contributed by atoms with Crippen LogP contribution in [-0.4, -0.2) is 43.7 Å². The summed E-state index contributed by atoms with van der Waals surface area (Å²) < 4.78 is 4.58. The zero-order valence-corrected chi connectivity index (χ0v) is 9.45. The van der Waals surface area contributed by atoms with Gasteiger partial charge in [-0.25, -0.2) is 0 Å². The topological polar surface area (TPSA) is 55.6 Å². The molecule has 0 amide bonds. The molecule has 0 aliphatic carbocycles. The van der Waals surface area contributed by atoms with Crippen LogP contribution in [0.3, 0.4) is 0 Å². The van der Waals surface area contributed by atoms with Gasteiger partial charge in [0.15, 0.2) is 0 Å². The van der Waals surface area contributed by atoms with Crippen LogP contribution in [-0.2, 0) is 9.53 Å². The van der Waals surface area contributed by atoms with Gasteiger partial charge in [0.25, 0.3) is 0 Å². The van der Waals surface area contributed by atoms with Gasteiger partial charge < -0.3 is 15.4 Å². The van der Waals surface area contributed by atoms with Gasteiger partial charge in [-0.15, -0.1) is 0 Å². The van der Waals surface area contributed by atoms with Crippen molar-refractivity contribution < 1.29 is 9.53 Å². The Bertz CT molecular complexity index is 156. The van der Waals surface area contributed by atoms with E-state index in [0.717, 1.165) is 25.9 Å². The van der Waals surface area contributed by atoms with Gasteiger partial charge in [0.1, 0.15) is 6.04 Å². The summed E-state index contributed by atoms with van der Waals surface area (Å²) in [6.45, 7) is 6.80. The molecule has 0 bridgehead atoms. The average molecular weight is 202 g/mol. The summed E-state index contributed by atoms with van der Waals surface area (Å²) in [6.07, 6.45) is 2.15. The van der Waals surface area contributed by atoms with Crippen molar-refractivity contribution in [2.45, 2.75) is 32.7 Å². The quantitative estimate of drug-likeness (QED) is 0.614. The third kappa shape index (κ3) is 5.19. The molecule has 14 heavy (non-hydrogen) atoms. The summed E-state index contributed by atoms with van der Waals surface area (Å²) >= 11 is 0. The van der Waals surface area contributed by atoms with E-state index >= 15 is 0 Å². The van der Waals surface area contributed by atoms with Gasteiger partial charge >= 0.3 is 5.97 Å². The highest BCUT2D eigenvalue weighted by molar-refractivity contribution is 5.75. The van der Waals surface area contributed by atoms with E-state index in [2.05, 4.69) is 23.5 Å². The van der Waals surface area contributed by atoms with Crippen LogP contribution in [0.25, 0.3) is 0 Å². The van der Waals surface area contributed by atoms with Crippen LogP contribution in [0.2, 0.25) is 0 Å². The van der Waals surface area contributed by atoms with E-state index in [1.807, 2.05) is 0 Å². The zero-order valence-electron chi connectivity index (χ0n) is 9.45. The van der Waals surface area contributed by atoms with Crippen molar-refractivity contribution in [3.8, 4) is 0 Å². The van der Waals surface area contributed by atoms with E-state index < -0.39 is 6.04 Å². The Labute approximate surface area is 86.4 Å². The van der Waals surface area contributed by atoms with E-state index in [1.54, 1.807) is 0 Å². The standard InChI is InChI=1S/C10H22N2O2/c1-4-6-12(7-5-2)8-9(11)10(13)14-3/h9H,4-8,11H2,1-3H3. The lowest BCUT2D eigenvalue weighted by Crippen LogP contribution is -2.43. The Morgan fingerprint density at radius 1 is 1.36 bits per heavy atom. The Kier molecular flexibility index (Phi) is 7.42. The molecule has 0 saturated heterocycles. The molecule has 4 nitrogen and oxygen atoms in total. The molecular formula is C10H22N2O2. The first-order valence-electron chi connectivity index (χ1n) is 5.21. The highest BCUT2D eigenvalue weighted by Crippen LogP contribution is 1.96. The van der Waals surface area contributed by atoms with Crippen LogP contribution in [0, 0.1) is 0 Å². The normalized spacial score (nSPS) is 12.9. The van der Waals surface area contributed by atoms with Gasteiger partial charge in [0.2, 0.25) is 0 Å². The molecule has 0 fully saturated rings. The van der Waals surface area contributed by atoms with Crippen molar-refractivity contribution in [1.29, 1.82) is 0 Å². The summed E-state index contributed by atoms with van der Waals surface area (Å²) in [4.78, 5) is 13.3. The predicted octanol–water partition coefficient (Wildman–Crippen LogP) is 0.609. The van der Waals surface area contributed by atoms with Gasteiger partial charge in [0, 0.05) is 6.54 Å². The van der Waals surface area contributed by atoms with Gasteiger partial charge in [-0.1, -0.05) is 13.8 Å². The number of carbonyl (C=O) groups is 1. The lowest BCUT2D eigenvalue weighted by Gasteiger charge is -2.23. The fourth-order valence-electron chi connectivity index (χ4n) is 1.43. The van der Waals surface area contributed by atoms with E-state index in [9.17, 15) is 4.79 Å². The fourth-order valence-corrected chi connectivity index (χ4v) is 1.43. The van der Waals surface area contributed by atoms with E-state index in [0.29, 0.717) is 6.54 Å². The minimum absolute atomic E-state index is 0.331. The summed E-state index contributed by atoms with van der Waals surface area (Å²) in [5.41, 5.74) is 5.67. The molecule has 2 N–H and O–H groups in total. The third-order valence-corrected chi connectivity index (χ3v) is 2.04. The molecule has 0 radical (unpaired) electrons. The molecule has 0 aliphatic rings. The number of esters is 1. The van der Waals surface area contributed by atoms with Crippen LogP contribution in [0.1, 0.15) is 26.7 Å². The molecule has 1 unspecified atom stereocenters. The average Bonchev–Trinajstić information content (AvgIpc) is 2.17. The summed E-state index contributed by atoms with van der Waals surface area (Å²) in [7, 11) is 1.37. The highest BCUT2D eigenvalue weighted by Gasteiger charge is 2.16. The van der Waals surface area contributed by atoms with E-state index in [4.69, 9.17) is 5.73 Å². The zero-order chi connectivity index (χ0) is 11.0. The second-order valence-corrected chi connectivity index (χ2v) is 3.43. The maximum Gasteiger partial charge on any atom is 0.323 e. The number of hydrogen-bond donors (Lipinski definition) is 1.